The number of hydrogen-bond donors (Lipinski definition) is 8. The molecule has 5 aromatic carbocycles. The number of hydrogen-bond acceptors (Lipinski definition) is 21. The number of fused-ring (bicyclic) bond motifs is 1. The number of rotatable bonds is 19. The largest absolute Gasteiger partial charge is 0.491 e. The van der Waals surface area contributed by atoms with Crippen molar-refractivity contribution in [3.8, 4) is 5.75 Å². The first-order chi connectivity index (χ1) is 31.2. The molecule has 1 aromatic heterocycles. The summed E-state index contributed by atoms with van der Waals surface area (Å²) in [6.45, 7) is 0.884. The number of benzene rings is 5. The highest BCUT2D eigenvalue weighted by Crippen LogP contribution is 2.34. The summed E-state index contributed by atoms with van der Waals surface area (Å²) < 4.78 is 170. The third kappa shape index (κ3) is 14.2. The lowest BCUT2D eigenvalue weighted by Crippen LogP contribution is -2.27. The van der Waals surface area contributed by atoms with Gasteiger partial charge < -0.3 is 20.7 Å². The second kappa shape index (κ2) is 19.7. The maximum absolute atomic E-state index is 12.0. The van der Waals surface area contributed by atoms with E-state index in [-0.39, 0.29) is 80.7 Å². The minimum Gasteiger partial charge on any atom is -0.491 e. The molecule has 26 nitrogen and oxygen atoms in total. The molecule has 6 aromatic rings. The molecule has 0 aliphatic carbocycles. The van der Waals surface area contributed by atoms with Gasteiger partial charge in [-0.25, -0.2) is 0 Å². The van der Waals surface area contributed by atoms with Gasteiger partial charge >= 0.3 is 0 Å². The number of nitrogens with zero attached hydrogens (tertiary/aromatic N) is 7. The quantitative estimate of drug-likeness (QED) is 0.0247. The normalized spacial score (nSPS) is 13.2. The average Bonchev–Trinajstić information content (AvgIpc) is 3.22. The zero-order chi connectivity index (χ0) is 49.0. The van der Waals surface area contributed by atoms with E-state index in [2.05, 4.69) is 51.4 Å². The van der Waals surface area contributed by atoms with Crippen molar-refractivity contribution in [3.05, 3.63) is 97.1 Å². The van der Waals surface area contributed by atoms with Gasteiger partial charge in [0.05, 0.1) is 50.6 Å². The van der Waals surface area contributed by atoms with E-state index in [0.717, 1.165) is 25.1 Å². The number of ether oxygens (including phenoxy) is 1. The van der Waals surface area contributed by atoms with Gasteiger partial charge in [0.2, 0.25) is 17.8 Å². The first-order valence-corrected chi connectivity index (χ1v) is 25.9. The van der Waals surface area contributed by atoms with Crippen molar-refractivity contribution in [2.75, 3.05) is 28.3 Å². The predicted molar refractivity (Wildman–Crippen MR) is 239 cm³/mol. The van der Waals surface area contributed by atoms with Crippen LogP contribution in [0.2, 0.25) is 0 Å². The Morgan fingerprint density at radius 1 is 0.567 bits per heavy atom. The van der Waals surface area contributed by atoms with E-state index in [1.54, 1.807) is 0 Å². The summed E-state index contributed by atoms with van der Waals surface area (Å²) in [7, 11) is -23.2. The Morgan fingerprint density at radius 3 is 1.66 bits per heavy atom. The second-order valence-corrected chi connectivity index (χ2v) is 21.3. The van der Waals surface area contributed by atoms with Crippen molar-refractivity contribution in [1.29, 1.82) is 0 Å². The fourth-order valence-electron chi connectivity index (χ4n) is 5.52. The summed E-state index contributed by atoms with van der Waals surface area (Å²) in [4.78, 5) is 10.8. The van der Waals surface area contributed by atoms with Crippen LogP contribution < -0.4 is 20.7 Å². The fraction of sp³-hybridized carbons (Fsp3) is 0.139. The van der Waals surface area contributed by atoms with Gasteiger partial charge in [-0.3, -0.25) is 22.8 Å². The van der Waals surface area contributed by atoms with Gasteiger partial charge in [0, 0.05) is 17.1 Å². The summed E-state index contributed by atoms with van der Waals surface area (Å²) in [6.07, 6.45) is -0.143. The van der Waals surface area contributed by atoms with E-state index in [4.69, 9.17) is 4.74 Å². The standard InChI is InChI=1S/C36H34N10O16S5/c1-21(64(50,51)52)37-34-40-35(38-23-3-5-24(6-4-23)43-45-26-9-13-30-22(17-26)18-29(66(56,57)58)20-33(30)67(59,60)61)42-36(41-34)39-31-14-10-27(19-32(31)62-15-2-16-63(47,48)49)46-44-25-7-11-28(12-8-25)65(53,54)55/h3-14,17-21H,2,15-16H2,1H3,(H,47,48,49)(H,50,51,52)(H,53,54,55)(H,56,57,58)(H,59,60,61)(H3,37,38,39,40,41,42)/b45-43-,46-44-. The van der Waals surface area contributed by atoms with E-state index in [1.807, 2.05) is 0 Å². The van der Waals surface area contributed by atoms with E-state index in [0.29, 0.717) is 11.8 Å². The Balaban J connectivity index is 1.26. The molecule has 354 valence electrons. The molecule has 0 aliphatic heterocycles. The van der Waals surface area contributed by atoms with Gasteiger partial charge in [0.25, 0.3) is 50.6 Å². The first-order valence-electron chi connectivity index (χ1n) is 18.5. The fourth-order valence-corrected chi connectivity index (χ4v) is 8.10. The van der Waals surface area contributed by atoms with Crippen LogP contribution in [-0.2, 0) is 50.6 Å². The lowest BCUT2D eigenvalue weighted by molar-refractivity contribution is 0.317. The lowest BCUT2D eigenvalue weighted by Gasteiger charge is -2.16. The molecular weight excluding hydrogens is 989 g/mol. The van der Waals surface area contributed by atoms with Crippen molar-refractivity contribution in [3.63, 3.8) is 0 Å². The molecule has 1 unspecified atom stereocenters. The third-order valence-electron chi connectivity index (χ3n) is 8.70. The van der Waals surface area contributed by atoms with Crippen LogP contribution in [0.5, 0.6) is 5.75 Å². The van der Waals surface area contributed by atoms with Crippen LogP contribution in [-0.4, -0.2) is 97.5 Å². The van der Waals surface area contributed by atoms with Crippen LogP contribution in [0.25, 0.3) is 10.8 Å². The molecule has 1 heterocycles. The Labute approximate surface area is 381 Å². The summed E-state index contributed by atoms with van der Waals surface area (Å²) in [5.41, 5.74) is 1.28. The van der Waals surface area contributed by atoms with Gasteiger partial charge in [-0.15, -0.1) is 0 Å². The molecule has 0 saturated carbocycles. The summed E-state index contributed by atoms with van der Waals surface area (Å²) >= 11 is 0. The highest BCUT2D eigenvalue weighted by atomic mass is 32.2. The average molecular weight is 1020 g/mol. The summed E-state index contributed by atoms with van der Waals surface area (Å²) in [5, 5.41) is 22.9. The Hall–Kier alpha value is -6.68. The van der Waals surface area contributed by atoms with Crippen molar-refractivity contribution in [2.45, 2.75) is 33.4 Å². The lowest BCUT2D eigenvalue weighted by atomic mass is 10.1. The minimum atomic E-state index is -4.90. The van der Waals surface area contributed by atoms with E-state index < -0.39 is 71.5 Å². The van der Waals surface area contributed by atoms with Crippen molar-refractivity contribution >= 4 is 113 Å². The van der Waals surface area contributed by atoms with Gasteiger partial charge in [0.15, 0.2) is 5.37 Å². The molecule has 0 amide bonds. The van der Waals surface area contributed by atoms with Gasteiger partial charge in [-0.2, -0.15) is 77.5 Å². The van der Waals surface area contributed by atoms with Crippen molar-refractivity contribution in [2.24, 2.45) is 20.5 Å². The Morgan fingerprint density at radius 2 is 1.09 bits per heavy atom. The van der Waals surface area contributed by atoms with Crippen LogP contribution in [0.4, 0.5) is 52.0 Å². The third-order valence-corrected chi connectivity index (χ3v) is 13.1. The molecule has 0 fully saturated rings. The molecular formula is C36H34N10O16S5. The maximum atomic E-state index is 12.0. The molecule has 8 N–H and O–H groups in total. The minimum absolute atomic E-state index is 0.00510. The number of aromatic nitrogens is 3. The van der Waals surface area contributed by atoms with Gasteiger partial charge in [0.1, 0.15) is 10.6 Å². The van der Waals surface area contributed by atoms with E-state index in [9.17, 15) is 64.9 Å². The van der Waals surface area contributed by atoms with Gasteiger partial charge in [-0.1, -0.05) is 6.07 Å². The Bertz CT molecular complexity index is 3490. The van der Waals surface area contributed by atoms with Crippen LogP contribution in [0.3, 0.4) is 0 Å². The topological polar surface area (TPSA) is 405 Å². The smallest absolute Gasteiger partial charge is 0.295 e. The van der Waals surface area contributed by atoms with Gasteiger partial charge in [-0.05, 0) is 104 Å². The van der Waals surface area contributed by atoms with Crippen LogP contribution in [0.15, 0.2) is 132 Å². The monoisotopic (exact) mass is 1020 g/mol. The Kier molecular flexibility index (Phi) is 14.6. The first kappa shape index (κ1) is 49.7. The van der Waals surface area contributed by atoms with E-state index >= 15 is 0 Å². The van der Waals surface area contributed by atoms with E-state index in [1.165, 1.54) is 72.8 Å². The molecule has 6 rings (SSSR count). The van der Waals surface area contributed by atoms with Crippen molar-refractivity contribution in [1.82, 2.24) is 15.0 Å². The molecule has 0 aliphatic rings. The highest BCUT2D eigenvalue weighted by Gasteiger charge is 2.22. The zero-order valence-corrected chi connectivity index (χ0v) is 37.9. The molecule has 67 heavy (non-hydrogen) atoms. The molecule has 0 bridgehead atoms. The van der Waals surface area contributed by atoms with Crippen molar-refractivity contribution < 1.29 is 69.6 Å². The maximum Gasteiger partial charge on any atom is 0.295 e. The zero-order valence-electron chi connectivity index (χ0n) is 33.8. The molecule has 31 heteroatoms. The number of anilines is 5. The van der Waals surface area contributed by atoms with Crippen LogP contribution in [0.1, 0.15) is 13.3 Å². The number of nitrogens with one attached hydrogen (secondary N) is 3. The van der Waals surface area contributed by atoms with Crippen LogP contribution in [0, 0.1) is 0 Å². The second-order valence-electron chi connectivity index (χ2n) is 13.7. The molecule has 0 radical (unpaired) electrons. The molecule has 0 spiro atoms. The summed E-state index contributed by atoms with van der Waals surface area (Å²) in [6, 6.07) is 20.6. The van der Waals surface area contributed by atoms with Crippen LogP contribution >= 0.6 is 0 Å². The predicted octanol–water partition coefficient (Wildman–Crippen LogP) is 6.39. The highest BCUT2D eigenvalue weighted by molar-refractivity contribution is 7.87. The molecule has 0 saturated heterocycles. The molecule has 1 atom stereocenters. The SMILES string of the molecule is CC(Nc1nc(Nc2ccc(/N=N\c3ccc4c(S(=O)(=O)O)cc(S(=O)(=O)O)cc4c3)cc2)nc(Nc2ccc(/N=N\c3ccc(S(=O)(=O)O)cc3)cc2OCCCS(=O)(=O)O)n1)S(=O)(=O)O. The summed E-state index contributed by atoms with van der Waals surface area (Å²) in [5.74, 6) is -1.35. The number of azo groups is 2.